The number of hydrazine groups is 1. The van der Waals surface area contributed by atoms with Crippen LogP contribution in [0.4, 0.5) is 4.79 Å². The van der Waals surface area contributed by atoms with Crippen molar-refractivity contribution in [3.05, 3.63) is 33.8 Å². The van der Waals surface area contributed by atoms with E-state index in [9.17, 15) is 9.59 Å². The van der Waals surface area contributed by atoms with Crippen molar-refractivity contribution >= 4 is 35.2 Å². The quantitative estimate of drug-likeness (QED) is 0.815. The third-order valence-corrected chi connectivity index (χ3v) is 2.29. The molecule has 0 radical (unpaired) electrons. The molecule has 0 aliphatic heterocycles. The van der Waals surface area contributed by atoms with Gasteiger partial charge in [-0.2, -0.15) is 0 Å². The van der Waals surface area contributed by atoms with Crippen LogP contribution in [0.1, 0.15) is 17.3 Å². The molecule has 0 heterocycles. The Balaban J connectivity index is 2.64. The monoisotopic (exact) mass is 276 g/mol. The number of ether oxygens (including phenoxy) is 1. The zero-order valence-electron chi connectivity index (χ0n) is 8.92. The van der Waals surface area contributed by atoms with E-state index in [1.165, 1.54) is 12.1 Å². The Morgan fingerprint density at radius 3 is 2.65 bits per heavy atom. The molecule has 2 amide bonds. The van der Waals surface area contributed by atoms with Crippen molar-refractivity contribution in [2.45, 2.75) is 6.92 Å². The fourth-order valence-electron chi connectivity index (χ4n) is 1.01. The van der Waals surface area contributed by atoms with E-state index in [2.05, 4.69) is 15.6 Å². The van der Waals surface area contributed by atoms with Crippen molar-refractivity contribution in [2.75, 3.05) is 6.61 Å². The molecule has 7 heteroatoms. The van der Waals surface area contributed by atoms with Crippen molar-refractivity contribution in [2.24, 2.45) is 0 Å². The Labute approximate surface area is 108 Å². The minimum absolute atomic E-state index is 0.163. The van der Waals surface area contributed by atoms with Gasteiger partial charge in [0.25, 0.3) is 5.91 Å². The zero-order valence-corrected chi connectivity index (χ0v) is 10.4. The van der Waals surface area contributed by atoms with E-state index in [4.69, 9.17) is 23.2 Å². The maximum absolute atomic E-state index is 11.6. The van der Waals surface area contributed by atoms with Crippen LogP contribution < -0.4 is 10.9 Å². The second-order valence-electron chi connectivity index (χ2n) is 2.92. The van der Waals surface area contributed by atoms with Crippen LogP contribution >= 0.6 is 23.2 Å². The van der Waals surface area contributed by atoms with E-state index < -0.39 is 12.0 Å². The Morgan fingerprint density at radius 2 is 2.00 bits per heavy atom. The van der Waals surface area contributed by atoms with Crippen molar-refractivity contribution in [3.8, 4) is 0 Å². The predicted molar refractivity (Wildman–Crippen MR) is 64.1 cm³/mol. The fourth-order valence-corrected chi connectivity index (χ4v) is 1.39. The molecule has 0 saturated heterocycles. The van der Waals surface area contributed by atoms with E-state index in [0.29, 0.717) is 5.02 Å². The Morgan fingerprint density at radius 1 is 1.29 bits per heavy atom. The van der Waals surface area contributed by atoms with Crippen LogP contribution in [-0.2, 0) is 4.74 Å². The summed E-state index contributed by atoms with van der Waals surface area (Å²) in [6, 6.07) is 4.44. The van der Waals surface area contributed by atoms with Gasteiger partial charge in [0, 0.05) is 5.02 Å². The molecule has 0 aliphatic carbocycles. The van der Waals surface area contributed by atoms with E-state index in [-0.39, 0.29) is 17.2 Å². The van der Waals surface area contributed by atoms with Crippen LogP contribution in [0, 0.1) is 0 Å². The van der Waals surface area contributed by atoms with Gasteiger partial charge in [-0.1, -0.05) is 23.2 Å². The Bertz CT molecular complexity index is 438. The van der Waals surface area contributed by atoms with Gasteiger partial charge in [0.15, 0.2) is 0 Å². The van der Waals surface area contributed by atoms with Crippen LogP contribution in [0.25, 0.3) is 0 Å². The molecule has 1 aromatic carbocycles. The molecule has 2 N–H and O–H groups in total. The number of rotatable bonds is 2. The van der Waals surface area contributed by atoms with Crippen LogP contribution in [-0.4, -0.2) is 18.6 Å². The number of benzene rings is 1. The molecule has 1 aromatic rings. The first-order chi connectivity index (χ1) is 8.04. The van der Waals surface area contributed by atoms with Gasteiger partial charge in [-0.15, -0.1) is 0 Å². The summed E-state index contributed by atoms with van der Waals surface area (Å²) < 4.78 is 4.56. The minimum atomic E-state index is -0.751. The number of amides is 2. The van der Waals surface area contributed by atoms with Gasteiger partial charge in [0.1, 0.15) is 0 Å². The first-order valence-corrected chi connectivity index (χ1v) is 5.48. The molecule has 5 nitrogen and oxygen atoms in total. The second kappa shape index (κ2) is 6.32. The summed E-state index contributed by atoms with van der Waals surface area (Å²) in [5, 5.41) is 0.605. The first-order valence-electron chi connectivity index (χ1n) is 4.72. The SMILES string of the molecule is CCOC(=O)NNC(=O)c1cc(Cl)ccc1Cl. The third kappa shape index (κ3) is 4.13. The van der Waals surface area contributed by atoms with Crippen molar-refractivity contribution < 1.29 is 14.3 Å². The summed E-state index contributed by atoms with van der Waals surface area (Å²) in [6.45, 7) is 1.86. The Hall–Kier alpha value is -1.46. The Kier molecular flexibility index (Phi) is 5.06. The smallest absolute Gasteiger partial charge is 0.426 e. The summed E-state index contributed by atoms with van der Waals surface area (Å²) in [5.74, 6) is -0.578. The highest BCUT2D eigenvalue weighted by atomic mass is 35.5. The van der Waals surface area contributed by atoms with Crippen molar-refractivity contribution in [3.63, 3.8) is 0 Å². The molecular formula is C10H10Cl2N2O3. The molecule has 0 saturated carbocycles. The molecule has 17 heavy (non-hydrogen) atoms. The molecule has 92 valence electrons. The number of carbonyl (C=O) groups is 2. The average molecular weight is 277 g/mol. The van der Waals surface area contributed by atoms with Crippen molar-refractivity contribution in [1.29, 1.82) is 0 Å². The molecule has 0 aliphatic rings. The summed E-state index contributed by atoms with van der Waals surface area (Å²) >= 11 is 11.5. The lowest BCUT2D eigenvalue weighted by Gasteiger charge is -2.08. The molecule has 0 atom stereocenters. The zero-order chi connectivity index (χ0) is 12.8. The molecular weight excluding hydrogens is 267 g/mol. The summed E-state index contributed by atoms with van der Waals surface area (Å²) in [6.07, 6.45) is -0.751. The molecule has 0 fully saturated rings. The maximum Gasteiger partial charge on any atom is 0.426 e. The number of halogens is 2. The van der Waals surface area contributed by atoms with E-state index in [0.717, 1.165) is 0 Å². The second-order valence-corrected chi connectivity index (χ2v) is 3.77. The lowest BCUT2D eigenvalue weighted by Crippen LogP contribution is -2.42. The highest BCUT2D eigenvalue weighted by Gasteiger charge is 2.11. The summed E-state index contributed by atoms with van der Waals surface area (Å²) in [7, 11) is 0. The highest BCUT2D eigenvalue weighted by Crippen LogP contribution is 2.20. The van der Waals surface area contributed by atoms with Crippen LogP contribution in [0.5, 0.6) is 0 Å². The van der Waals surface area contributed by atoms with Gasteiger partial charge < -0.3 is 4.74 Å². The summed E-state index contributed by atoms with van der Waals surface area (Å²) in [4.78, 5) is 22.5. The van der Waals surface area contributed by atoms with E-state index in [1.807, 2.05) is 0 Å². The first kappa shape index (κ1) is 13.6. The normalized spacial score (nSPS) is 9.59. The van der Waals surface area contributed by atoms with Gasteiger partial charge in [-0.25, -0.2) is 10.2 Å². The number of carbonyl (C=O) groups excluding carboxylic acids is 2. The number of nitrogens with one attached hydrogen (secondary N) is 2. The standard InChI is InChI=1S/C10H10Cl2N2O3/c1-2-17-10(16)14-13-9(15)7-5-6(11)3-4-8(7)12/h3-5H,2H2,1H3,(H,13,15)(H,14,16). The van der Waals surface area contributed by atoms with Crippen LogP contribution in [0.3, 0.4) is 0 Å². The molecule has 0 spiro atoms. The molecule has 0 unspecified atom stereocenters. The van der Waals surface area contributed by atoms with Crippen LogP contribution in [0.15, 0.2) is 18.2 Å². The number of hydrogen-bond acceptors (Lipinski definition) is 3. The lowest BCUT2D eigenvalue weighted by molar-refractivity contribution is 0.0913. The maximum atomic E-state index is 11.6. The van der Waals surface area contributed by atoms with Gasteiger partial charge in [-0.05, 0) is 25.1 Å². The minimum Gasteiger partial charge on any atom is -0.449 e. The topological polar surface area (TPSA) is 67.4 Å². The average Bonchev–Trinajstić information content (AvgIpc) is 2.29. The lowest BCUT2D eigenvalue weighted by atomic mass is 10.2. The van der Waals surface area contributed by atoms with Gasteiger partial charge in [0.05, 0.1) is 17.2 Å². The van der Waals surface area contributed by atoms with Gasteiger partial charge >= 0.3 is 6.09 Å². The molecule has 0 bridgehead atoms. The third-order valence-electron chi connectivity index (χ3n) is 1.73. The molecule has 0 aromatic heterocycles. The summed E-state index contributed by atoms with van der Waals surface area (Å²) in [5.41, 5.74) is 4.37. The predicted octanol–water partition coefficient (Wildman–Crippen LogP) is 2.38. The van der Waals surface area contributed by atoms with Gasteiger partial charge in [-0.3, -0.25) is 10.2 Å². The largest absolute Gasteiger partial charge is 0.449 e. The highest BCUT2D eigenvalue weighted by molar-refractivity contribution is 6.35. The molecule has 1 rings (SSSR count). The fraction of sp³-hybridized carbons (Fsp3) is 0.200. The van der Waals surface area contributed by atoms with E-state index >= 15 is 0 Å². The van der Waals surface area contributed by atoms with E-state index in [1.54, 1.807) is 13.0 Å². The number of hydrogen-bond donors (Lipinski definition) is 2. The van der Waals surface area contributed by atoms with Crippen LogP contribution in [0.2, 0.25) is 10.0 Å². The van der Waals surface area contributed by atoms with Gasteiger partial charge in [0.2, 0.25) is 0 Å². The van der Waals surface area contributed by atoms with Crippen molar-refractivity contribution in [1.82, 2.24) is 10.9 Å².